The van der Waals surface area contributed by atoms with Crippen molar-refractivity contribution in [1.82, 2.24) is 20.2 Å². The summed E-state index contributed by atoms with van der Waals surface area (Å²) in [7, 11) is 0. The van der Waals surface area contributed by atoms with Crippen molar-refractivity contribution in [3.8, 4) is 0 Å². The molecule has 5 rings (SSSR count). The second-order valence-electron chi connectivity index (χ2n) is 11.5. The average molecular weight is 597 g/mol. The van der Waals surface area contributed by atoms with Crippen LogP contribution in [0.1, 0.15) is 117 Å². The van der Waals surface area contributed by atoms with Crippen LogP contribution < -0.4 is 15.1 Å². The van der Waals surface area contributed by atoms with Crippen LogP contribution in [0.5, 0.6) is 0 Å². The summed E-state index contributed by atoms with van der Waals surface area (Å²) in [4.78, 5) is 16.4. The third-order valence-corrected chi connectivity index (χ3v) is 8.03. The van der Waals surface area contributed by atoms with Gasteiger partial charge in [-0.1, -0.05) is 48.0 Å². The zero-order valence-corrected chi connectivity index (χ0v) is 29.5. The Kier molecular flexibility index (Phi) is 22.7. The maximum Gasteiger partial charge on any atom is 0.0553 e. The Labute approximate surface area is 267 Å². The molecule has 6 heteroatoms. The van der Waals surface area contributed by atoms with Gasteiger partial charge in [0.05, 0.1) is 23.8 Å². The molecule has 2 aromatic rings. The number of nitrogens with one attached hydrogen (secondary N) is 1. The summed E-state index contributed by atoms with van der Waals surface area (Å²) in [5.41, 5.74) is 4.78. The molecule has 0 spiro atoms. The number of anilines is 2. The molecular weight excluding hydrogens is 528 g/mol. The van der Waals surface area contributed by atoms with E-state index in [1.807, 2.05) is 47.0 Å². The Hall–Kier alpha value is -2.18. The molecule has 0 saturated carbocycles. The molecule has 0 amide bonds. The first-order valence-corrected chi connectivity index (χ1v) is 17.9. The lowest BCUT2D eigenvalue weighted by atomic mass is 10.0. The second-order valence-corrected chi connectivity index (χ2v) is 11.5. The van der Waals surface area contributed by atoms with E-state index in [0.29, 0.717) is 0 Å². The predicted octanol–water partition coefficient (Wildman–Crippen LogP) is 8.67. The van der Waals surface area contributed by atoms with E-state index in [0.717, 1.165) is 17.4 Å². The molecule has 0 bridgehead atoms. The number of likely N-dealkylation sites (tertiary alicyclic amines) is 1. The van der Waals surface area contributed by atoms with Gasteiger partial charge in [0.15, 0.2) is 0 Å². The fraction of sp³-hybridized carbons (Fsp3) is 0.730. The molecule has 3 fully saturated rings. The Balaban J connectivity index is 0.000000335. The topological polar surface area (TPSA) is 47.5 Å². The van der Waals surface area contributed by atoms with E-state index >= 15 is 0 Å². The van der Waals surface area contributed by atoms with Crippen molar-refractivity contribution in [3.05, 3.63) is 48.0 Å². The largest absolute Gasteiger partial charge is 0.370 e. The minimum Gasteiger partial charge on any atom is -0.370 e. The van der Waals surface area contributed by atoms with Gasteiger partial charge in [0.2, 0.25) is 0 Å². The van der Waals surface area contributed by atoms with E-state index in [9.17, 15) is 0 Å². The van der Waals surface area contributed by atoms with Gasteiger partial charge in [-0.3, -0.25) is 14.9 Å². The summed E-state index contributed by atoms with van der Waals surface area (Å²) >= 11 is 0. The molecule has 246 valence electrons. The van der Waals surface area contributed by atoms with Gasteiger partial charge in [-0.15, -0.1) is 0 Å². The number of nitrogens with zero attached hydrogens (tertiary/aromatic N) is 5. The molecule has 3 aliphatic heterocycles. The summed E-state index contributed by atoms with van der Waals surface area (Å²) in [6, 6.07) is 9.37. The van der Waals surface area contributed by atoms with Crippen LogP contribution in [-0.4, -0.2) is 73.3 Å². The van der Waals surface area contributed by atoms with E-state index in [4.69, 9.17) is 0 Å². The maximum absolute atomic E-state index is 4.44. The molecule has 5 heterocycles. The number of aromatic nitrogens is 2. The molecule has 6 nitrogen and oxygen atoms in total. The van der Waals surface area contributed by atoms with Crippen LogP contribution in [-0.2, 0) is 0 Å². The van der Waals surface area contributed by atoms with E-state index in [2.05, 4.69) is 75.0 Å². The summed E-state index contributed by atoms with van der Waals surface area (Å²) in [5, 5.41) is 3.28. The van der Waals surface area contributed by atoms with Crippen molar-refractivity contribution in [2.45, 2.75) is 126 Å². The summed E-state index contributed by atoms with van der Waals surface area (Å²) in [5.74, 6) is 0. The third-order valence-electron chi connectivity index (χ3n) is 8.03. The van der Waals surface area contributed by atoms with Crippen LogP contribution in [0.15, 0.2) is 36.7 Å². The third kappa shape index (κ3) is 15.9. The molecule has 0 aromatic carbocycles. The molecule has 1 atom stereocenters. The number of hydrogen-bond donors (Lipinski definition) is 1. The van der Waals surface area contributed by atoms with Crippen LogP contribution in [0.3, 0.4) is 0 Å². The highest BCUT2D eigenvalue weighted by molar-refractivity contribution is 5.45. The lowest BCUT2D eigenvalue weighted by molar-refractivity contribution is 0.147. The standard InChI is InChI=1S/C16H25N3.C11H16N2.C6H15N.2C2H6/c1-14-7-8-15(12-17-14)19-11-5-6-16(13-19)18-9-3-2-4-10-18;1-10-5-6-11(9-12-10)13-7-3-2-4-8-13;1-3-5-7-6-4-2;2*1-2/h7-8,12,16H,2-6,9-11,13H2,1H3;5-6,9H,2-4,7-8H2,1H3;7H,3-6H2,1-2H3;2*1-2H3. The van der Waals surface area contributed by atoms with Gasteiger partial charge >= 0.3 is 0 Å². The summed E-state index contributed by atoms with van der Waals surface area (Å²) < 4.78 is 0. The quantitative estimate of drug-likeness (QED) is 0.323. The number of piperidine rings is 3. The van der Waals surface area contributed by atoms with Crippen molar-refractivity contribution >= 4 is 11.4 Å². The number of pyridine rings is 2. The van der Waals surface area contributed by atoms with E-state index in [1.165, 1.54) is 128 Å². The summed E-state index contributed by atoms with van der Waals surface area (Å²) in [6.45, 7) is 26.2. The van der Waals surface area contributed by atoms with E-state index in [1.54, 1.807) is 0 Å². The van der Waals surface area contributed by atoms with Crippen molar-refractivity contribution in [2.75, 3.05) is 62.2 Å². The molecular formula is C37H68N6. The zero-order valence-electron chi connectivity index (χ0n) is 29.5. The molecule has 43 heavy (non-hydrogen) atoms. The lowest BCUT2D eigenvalue weighted by Gasteiger charge is -2.41. The first-order valence-electron chi connectivity index (χ1n) is 17.9. The average Bonchev–Trinajstić information content (AvgIpc) is 3.09. The first-order chi connectivity index (χ1) is 21.1. The van der Waals surface area contributed by atoms with Gasteiger partial charge < -0.3 is 15.1 Å². The van der Waals surface area contributed by atoms with Crippen molar-refractivity contribution in [3.63, 3.8) is 0 Å². The first kappa shape index (κ1) is 38.8. The number of hydrogen-bond acceptors (Lipinski definition) is 6. The molecule has 3 aliphatic rings. The van der Waals surface area contributed by atoms with Crippen LogP contribution in [0, 0.1) is 13.8 Å². The van der Waals surface area contributed by atoms with Crippen LogP contribution >= 0.6 is 0 Å². The van der Waals surface area contributed by atoms with Gasteiger partial charge in [0, 0.05) is 43.6 Å². The van der Waals surface area contributed by atoms with Crippen molar-refractivity contribution in [1.29, 1.82) is 0 Å². The zero-order chi connectivity index (χ0) is 31.7. The molecule has 0 radical (unpaired) electrons. The fourth-order valence-corrected chi connectivity index (χ4v) is 5.70. The number of rotatable bonds is 7. The van der Waals surface area contributed by atoms with Gasteiger partial charge in [-0.25, -0.2) is 0 Å². The molecule has 3 saturated heterocycles. The van der Waals surface area contributed by atoms with Crippen LogP contribution in [0.4, 0.5) is 11.4 Å². The van der Waals surface area contributed by atoms with Crippen LogP contribution in [0.25, 0.3) is 0 Å². The monoisotopic (exact) mass is 597 g/mol. The van der Waals surface area contributed by atoms with E-state index < -0.39 is 0 Å². The van der Waals surface area contributed by atoms with Crippen molar-refractivity contribution < 1.29 is 0 Å². The van der Waals surface area contributed by atoms with Crippen LogP contribution in [0.2, 0.25) is 0 Å². The Morgan fingerprint density at radius 3 is 1.56 bits per heavy atom. The predicted molar refractivity (Wildman–Crippen MR) is 191 cm³/mol. The minimum atomic E-state index is 0.760. The highest BCUT2D eigenvalue weighted by Gasteiger charge is 2.26. The SMILES string of the molecule is CC.CC.CCCNCCC.Cc1ccc(N2CCCC(N3CCCCC3)C2)cn1.Cc1ccc(N2CCCCC2)cn1. The minimum absolute atomic E-state index is 0.760. The highest BCUT2D eigenvalue weighted by atomic mass is 15.2. The van der Waals surface area contributed by atoms with Gasteiger partial charge in [0.1, 0.15) is 0 Å². The Bertz CT molecular complexity index is 869. The summed E-state index contributed by atoms with van der Waals surface area (Å²) in [6.07, 6.45) is 17.5. The van der Waals surface area contributed by atoms with Gasteiger partial charge in [-0.05, 0) is 122 Å². The van der Waals surface area contributed by atoms with E-state index in [-0.39, 0.29) is 0 Å². The highest BCUT2D eigenvalue weighted by Crippen LogP contribution is 2.24. The molecule has 0 aliphatic carbocycles. The van der Waals surface area contributed by atoms with Gasteiger partial charge in [0.25, 0.3) is 0 Å². The Morgan fingerprint density at radius 1 is 0.628 bits per heavy atom. The lowest BCUT2D eigenvalue weighted by Crippen LogP contribution is -2.49. The fourth-order valence-electron chi connectivity index (χ4n) is 5.70. The number of aryl methyl sites for hydroxylation is 2. The maximum atomic E-state index is 4.44. The smallest absolute Gasteiger partial charge is 0.0553 e. The molecule has 1 unspecified atom stereocenters. The molecule has 2 aromatic heterocycles. The second kappa shape index (κ2) is 25.2. The van der Waals surface area contributed by atoms with Crippen molar-refractivity contribution in [2.24, 2.45) is 0 Å². The Morgan fingerprint density at radius 2 is 1.09 bits per heavy atom. The van der Waals surface area contributed by atoms with Gasteiger partial charge in [-0.2, -0.15) is 0 Å². The molecule has 1 N–H and O–H groups in total. The normalized spacial score (nSPS) is 18.4.